The molecule has 3 N–H and O–H groups in total. The molecule has 40 heteroatoms. The van der Waals surface area contributed by atoms with Gasteiger partial charge >= 0.3 is 0 Å². The summed E-state index contributed by atoms with van der Waals surface area (Å²) in [5.41, 5.74) is 6.73. The fourth-order valence-electron chi connectivity index (χ4n) is 16.2. The number of phenols is 3. The van der Waals surface area contributed by atoms with Gasteiger partial charge in [0.15, 0.2) is 23.1 Å². The van der Waals surface area contributed by atoms with Crippen molar-refractivity contribution in [2.45, 2.75) is 69.2 Å². The van der Waals surface area contributed by atoms with Gasteiger partial charge in [0, 0.05) is 65.0 Å². The summed E-state index contributed by atoms with van der Waals surface area (Å²) in [6.45, 7) is 20.3. The maximum Gasteiger partial charge on any atom is 0.282 e. The van der Waals surface area contributed by atoms with Gasteiger partial charge in [0.1, 0.15) is 28.6 Å². The van der Waals surface area contributed by atoms with Crippen molar-refractivity contribution >= 4 is 135 Å². The first kappa shape index (κ1) is 101. The fourth-order valence-corrected chi connectivity index (χ4v) is 16.6. The summed E-state index contributed by atoms with van der Waals surface area (Å²) in [5, 5.41) is 39.6. The van der Waals surface area contributed by atoms with E-state index in [2.05, 4.69) is 0 Å². The molecule has 0 bridgehead atoms. The monoisotopic (exact) mass is 1940 g/mol. The van der Waals surface area contributed by atoms with Crippen molar-refractivity contribution in [3.05, 3.63) is 307 Å². The second-order valence-corrected chi connectivity index (χ2v) is 31.3. The van der Waals surface area contributed by atoms with Crippen molar-refractivity contribution in [3.63, 3.8) is 0 Å². The second kappa shape index (κ2) is 41.9. The summed E-state index contributed by atoms with van der Waals surface area (Å²) in [5.74, 6) is -8.14. The Bertz CT molecular complexity index is 6680. The van der Waals surface area contributed by atoms with Crippen LogP contribution in [0.1, 0.15) is 254 Å². The molecule has 0 atom stereocenters. The number of nitrogens with zero attached hydrogens (tertiary/aromatic N) is 10. The number of benzene rings is 10. The number of halogens is 4. The Morgan fingerprint density at radius 3 is 1.07 bits per heavy atom. The van der Waals surface area contributed by atoms with Crippen LogP contribution in [-0.2, 0) is 0 Å². The first-order valence-electron chi connectivity index (χ1n) is 43.0. The SMILES string of the molecule is CCN1C(=O)c2c(Cl)ccc(Cl)c2C1=O.CCN1C(=O)c2c(O)ccc(O)c2C1=O.CCN1C(=O)c2cc(F)c(F)cc2C1=O.CCN1C(=O)c2ccc(-c3ccccc3)cc2C1=O.CCN1C(=O)c2ccc3c(c2C1=O)OCO3.CCN1C(=O)c2cccc(C)c2C1=O.CCN1C(=O)c2cccc(O)c2C1=O.CCN1C(=O)c2cccc(OC)c2C1=O.CCN1C(=O)c2cccc([N+](=O)[O-])c2C1=O. The largest absolute Gasteiger partial charge is 0.507 e. The number of aromatic hydroxyl groups is 3. The first-order valence-corrected chi connectivity index (χ1v) is 43.8. The number of nitro benzene ring substituents is 1. The molecule has 18 amide bonds. The third-order valence-corrected chi connectivity index (χ3v) is 23.7. The number of hydrogen-bond donors (Lipinski definition) is 3. The van der Waals surface area contributed by atoms with Gasteiger partial charge in [-0.1, -0.05) is 89.9 Å². The summed E-state index contributed by atoms with van der Waals surface area (Å²) in [6, 6.07) is 44.5. The molecule has 139 heavy (non-hydrogen) atoms. The van der Waals surface area contributed by atoms with Crippen molar-refractivity contribution in [1.29, 1.82) is 0 Å². The number of amides is 18. The number of methoxy groups -OCH3 is 1. The second-order valence-electron chi connectivity index (χ2n) is 30.5. The number of nitro groups is 1. The number of imide groups is 9. The lowest BCUT2D eigenvalue weighted by Crippen LogP contribution is -2.29. The zero-order valence-corrected chi connectivity index (χ0v) is 77.5. The molecule has 10 aromatic rings. The van der Waals surface area contributed by atoms with Gasteiger partial charge in [0.2, 0.25) is 6.79 Å². The standard InChI is InChI=1S/C16H13NO2.C11H9NO4.C11H11NO3.C11H11NO2.C10H7Cl2NO2.C10H7F2NO2.C10H8N2O4.C10H9NO4.C10H9NO3/c1-2-17-15(18)13-9-8-12(10-14(13)16(17)19)11-6-4-3-5-7-11;1-2-12-10(13)6-3-4-7-9(16-5-15-7)8(6)11(12)14;1-3-12-10(13)7-5-4-6-8(15-2)9(7)11(12)14;1-3-12-10(13)8-6-4-5-7(2)9(8)11(12)14;1-2-13-9(14)7-5(11)3-4-6(12)8(7)10(13)15;1-2-13-9(14)5-3-7(11)8(12)4-6(5)10(13)15;1-2-11-9(13)6-4-3-5-7(12(15)16)8(6)10(11)14;1-2-11-9(14)7-5(12)3-4-6(13)8(7)10(11)15;1-2-11-9(13)6-4-3-5-7(12)8(6)10(11)14/h3-10H,2H2,1H3;3-4H,2,5H2,1H3;4-6H,3H2,1-2H3;4-6H,3H2,1-2H3;2*3-4H,2H2,1H3;3-5H,2H2,1H3;3-4,12-13H,2H2,1H3;3-5,12H,2H2,1H3. The molecule has 10 aromatic carbocycles. The van der Waals surface area contributed by atoms with Crippen molar-refractivity contribution in [3.8, 4) is 45.6 Å². The molecule has 0 saturated carbocycles. The average Bonchev–Trinajstić information content (AvgIpc) is 1.59. The maximum absolute atomic E-state index is 12.8. The summed E-state index contributed by atoms with van der Waals surface area (Å²) in [4.78, 5) is 232. The van der Waals surface area contributed by atoms with E-state index in [1.54, 1.807) is 129 Å². The minimum Gasteiger partial charge on any atom is -0.507 e. The Morgan fingerprint density at radius 1 is 0.317 bits per heavy atom. The van der Waals surface area contributed by atoms with Crippen LogP contribution in [0, 0.1) is 28.7 Å². The molecule has 10 aliphatic heterocycles. The quantitative estimate of drug-likeness (QED) is 0.0442. The van der Waals surface area contributed by atoms with Crippen LogP contribution in [0.3, 0.4) is 0 Å². The smallest absolute Gasteiger partial charge is 0.282 e. The van der Waals surface area contributed by atoms with E-state index in [9.17, 15) is 121 Å². The van der Waals surface area contributed by atoms with Gasteiger partial charge in [-0.2, -0.15) is 0 Å². The Kier molecular flexibility index (Phi) is 30.5. The Morgan fingerprint density at radius 2 is 0.640 bits per heavy atom. The van der Waals surface area contributed by atoms with Gasteiger partial charge in [-0.3, -0.25) is 141 Å². The van der Waals surface area contributed by atoms with Gasteiger partial charge in [0.25, 0.3) is 112 Å². The summed E-state index contributed by atoms with van der Waals surface area (Å²) in [6.07, 6.45) is 0. The van der Waals surface area contributed by atoms with Crippen molar-refractivity contribution in [1.82, 2.24) is 44.1 Å². The van der Waals surface area contributed by atoms with E-state index in [1.807, 2.05) is 49.4 Å². The lowest BCUT2D eigenvalue weighted by molar-refractivity contribution is -0.385. The number of hydrogen-bond acceptors (Lipinski definition) is 26. The van der Waals surface area contributed by atoms with E-state index in [0.717, 1.165) is 53.3 Å². The van der Waals surface area contributed by atoms with Crippen LogP contribution in [0.15, 0.2) is 170 Å². The zero-order chi connectivity index (χ0) is 102. The first-order chi connectivity index (χ1) is 66.3. The highest BCUT2D eigenvalue weighted by Crippen LogP contribution is 2.43. The summed E-state index contributed by atoms with van der Waals surface area (Å²) < 4.78 is 41.2. The van der Waals surface area contributed by atoms with Gasteiger partial charge in [-0.05, 0) is 183 Å². The molecule has 0 unspecified atom stereocenters. The highest BCUT2D eigenvalue weighted by atomic mass is 35.5. The Hall–Kier alpha value is -16.9. The van der Waals surface area contributed by atoms with Crippen molar-refractivity contribution < 1.29 is 130 Å². The number of fused-ring (bicyclic) bond motifs is 11. The number of carbonyl (C=O) groups excluding carboxylic acids is 18. The molecule has 10 heterocycles. The highest BCUT2D eigenvalue weighted by molar-refractivity contribution is 6.42. The average molecular weight is 1940 g/mol. The maximum atomic E-state index is 12.8. The number of phenolic OH excluding ortho intramolecular Hbond substituents is 3. The van der Waals surface area contributed by atoms with E-state index < -0.39 is 57.9 Å². The van der Waals surface area contributed by atoms with E-state index in [0.29, 0.717) is 101 Å². The Balaban J connectivity index is 0.000000140. The fraction of sp³-hybridized carbons (Fsp3) is 0.212. The molecule has 0 saturated heterocycles. The van der Waals surface area contributed by atoms with E-state index >= 15 is 0 Å². The number of aryl methyl sites for hydroxylation is 1. The predicted molar refractivity (Wildman–Crippen MR) is 492 cm³/mol. The topological polar surface area (TPSA) is 468 Å². The zero-order valence-electron chi connectivity index (χ0n) is 76.0. The van der Waals surface area contributed by atoms with Crippen LogP contribution in [0.2, 0.25) is 10.0 Å². The van der Waals surface area contributed by atoms with Gasteiger partial charge in [0.05, 0.1) is 117 Å². The molecule has 36 nitrogen and oxygen atoms in total. The molecular weight excluding hydrogens is 1850 g/mol. The van der Waals surface area contributed by atoms with Crippen LogP contribution in [0.5, 0.6) is 34.5 Å². The molecule has 20 rings (SSSR count). The molecule has 0 radical (unpaired) electrons. The Labute approximate surface area is 799 Å². The molecular formula is C99H84Cl2F2N10O26. The highest BCUT2D eigenvalue weighted by Gasteiger charge is 2.46. The van der Waals surface area contributed by atoms with Crippen LogP contribution >= 0.6 is 23.2 Å². The third kappa shape index (κ3) is 18.5. The van der Waals surface area contributed by atoms with Gasteiger partial charge in [-0.15, -0.1) is 0 Å². The van der Waals surface area contributed by atoms with E-state index in [1.165, 1.54) is 75.2 Å². The molecule has 0 fully saturated rings. The van der Waals surface area contributed by atoms with Crippen LogP contribution < -0.4 is 14.2 Å². The number of rotatable bonds is 12. The summed E-state index contributed by atoms with van der Waals surface area (Å²) >= 11 is 11.7. The van der Waals surface area contributed by atoms with Crippen LogP contribution in [0.4, 0.5) is 14.5 Å². The van der Waals surface area contributed by atoms with Crippen molar-refractivity contribution in [2.24, 2.45) is 0 Å². The molecule has 10 aliphatic rings. The molecule has 0 spiro atoms. The molecule has 0 aromatic heterocycles. The van der Waals surface area contributed by atoms with Gasteiger partial charge < -0.3 is 29.5 Å². The molecule has 0 aliphatic carbocycles. The van der Waals surface area contributed by atoms with E-state index in [-0.39, 0.29) is 180 Å². The normalized spacial score (nSPS) is 14.8. The van der Waals surface area contributed by atoms with Crippen molar-refractivity contribution in [2.75, 3.05) is 72.8 Å². The lowest BCUT2D eigenvalue weighted by Gasteiger charge is -2.09. The number of carbonyl (C=O) groups is 18. The third-order valence-electron chi connectivity index (χ3n) is 23.0. The van der Waals surface area contributed by atoms with Gasteiger partial charge in [-0.25, -0.2) is 8.78 Å². The van der Waals surface area contributed by atoms with E-state index in [4.69, 9.17) is 37.4 Å². The minimum atomic E-state index is -1.12. The predicted octanol–water partition coefficient (Wildman–Crippen LogP) is 14.0. The van der Waals surface area contributed by atoms with Crippen LogP contribution in [-0.4, -0.2) is 243 Å². The lowest BCUT2D eigenvalue weighted by atomic mass is 10.0. The summed E-state index contributed by atoms with van der Waals surface area (Å²) in [7, 11) is 1.49. The minimum absolute atomic E-state index is 0.0687. The van der Waals surface area contributed by atoms with Crippen LogP contribution in [0.25, 0.3) is 11.1 Å². The molecule has 714 valence electrons. The number of ether oxygens (including phenoxy) is 3.